The third-order valence-corrected chi connectivity index (χ3v) is 7.30. The zero-order valence-corrected chi connectivity index (χ0v) is 20.4. The maximum atomic E-state index is 13.4. The number of benzene rings is 1. The number of carbonyl (C=O) groups is 4. The molecule has 186 valence electrons. The van der Waals surface area contributed by atoms with Crippen LogP contribution in [0.25, 0.3) is 0 Å². The number of nitrogens with zero attached hydrogens (tertiary/aromatic N) is 1. The van der Waals surface area contributed by atoms with Crippen LogP contribution in [0.15, 0.2) is 30.3 Å². The summed E-state index contributed by atoms with van der Waals surface area (Å²) in [6.07, 6.45) is 4.01. The van der Waals surface area contributed by atoms with Crippen molar-refractivity contribution in [2.45, 2.75) is 76.7 Å². The number of amides is 2. The number of hydrogen-bond donors (Lipinski definition) is 2. The van der Waals surface area contributed by atoms with Gasteiger partial charge in [0.25, 0.3) is 0 Å². The standard InChI is InChI=1S/C25H34N2O6S/c1-17(28)34-16-19-11-7-2-3-8-12-21(26-23(19)30)24(31)27-14-20(29)13-22(27)25(32)33-15-18-9-5-4-6-10-18/h4-6,9-10,19-22,29H,2-3,7-8,11-16H2,1H3,(H,26,30)/t19-,20?,21-,22-/m0/s1. The summed E-state index contributed by atoms with van der Waals surface area (Å²) in [6, 6.07) is 7.60. The van der Waals surface area contributed by atoms with E-state index in [9.17, 15) is 24.3 Å². The number of thioether (sulfide) groups is 1. The quantitative estimate of drug-likeness (QED) is 0.589. The van der Waals surface area contributed by atoms with Crippen LogP contribution in [0.5, 0.6) is 0 Å². The van der Waals surface area contributed by atoms with Crippen LogP contribution in [-0.2, 0) is 30.5 Å². The van der Waals surface area contributed by atoms with Gasteiger partial charge in [-0.15, -0.1) is 0 Å². The molecule has 2 amide bonds. The Bertz CT molecular complexity index is 864. The van der Waals surface area contributed by atoms with Gasteiger partial charge in [-0.3, -0.25) is 14.4 Å². The summed E-state index contributed by atoms with van der Waals surface area (Å²) in [5.41, 5.74) is 0.835. The third-order valence-electron chi connectivity index (χ3n) is 6.33. The van der Waals surface area contributed by atoms with E-state index in [-0.39, 0.29) is 42.4 Å². The molecule has 2 aliphatic rings. The van der Waals surface area contributed by atoms with E-state index in [4.69, 9.17) is 4.74 Å². The van der Waals surface area contributed by atoms with E-state index in [1.165, 1.54) is 11.8 Å². The average Bonchev–Trinajstić information content (AvgIpc) is 3.22. The first-order chi connectivity index (χ1) is 16.3. The molecule has 8 nitrogen and oxygen atoms in total. The Hall–Kier alpha value is -2.39. The fraction of sp³-hybridized carbons (Fsp3) is 0.600. The van der Waals surface area contributed by atoms with Crippen LogP contribution in [0.1, 0.15) is 57.4 Å². The molecule has 4 atom stereocenters. The van der Waals surface area contributed by atoms with E-state index in [1.807, 2.05) is 30.3 Å². The molecule has 0 aromatic heterocycles. The van der Waals surface area contributed by atoms with Crippen LogP contribution in [0, 0.1) is 5.92 Å². The van der Waals surface area contributed by atoms with Gasteiger partial charge in [0.15, 0.2) is 5.12 Å². The number of aliphatic hydroxyl groups excluding tert-OH is 1. The zero-order valence-electron chi connectivity index (χ0n) is 19.6. The van der Waals surface area contributed by atoms with Crippen molar-refractivity contribution in [3.05, 3.63) is 35.9 Å². The second kappa shape index (κ2) is 12.9. The number of nitrogens with one attached hydrogen (secondary N) is 1. The lowest BCUT2D eigenvalue weighted by Gasteiger charge is -2.29. The molecule has 2 aliphatic heterocycles. The predicted molar refractivity (Wildman–Crippen MR) is 129 cm³/mol. The number of aliphatic hydroxyl groups is 1. The Morgan fingerprint density at radius 1 is 1.12 bits per heavy atom. The smallest absolute Gasteiger partial charge is 0.329 e. The molecule has 0 radical (unpaired) electrons. The van der Waals surface area contributed by atoms with E-state index >= 15 is 0 Å². The monoisotopic (exact) mass is 490 g/mol. The molecule has 34 heavy (non-hydrogen) atoms. The van der Waals surface area contributed by atoms with Crippen LogP contribution >= 0.6 is 11.8 Å². The molecule has 0 spiro atoms. The second-order valence-electron chi connectivity index (χ2n) is 9.04. The number of ether oxygens (including phenoxy) is 1. The highest BCUT2D eigenvalue weighted by Crippen LogP contribution is 2.24. The van der Waals surface area contributed by atoms with Crippen molar-refractivity contribution in [2.24, 2.45) is 5.92 Å². The van der Waals surface area contributed by atoms with Gasteiger partial charge in [0, 0.05) is 31.6 Å². The van der Waals surface area contributed by atoms with Crippen LogP contribution in [-0.4, -0.2) is 63.4 Å². The number of carbonyl (C=O) groups excluding carboxylic acids is 4. The first-order valence-electron chi connectivity index (χ1n) is 12.0. The van der Waals surface area contributed by atoms with Gasteiger partial charge in [0.1, 0.15) is 18.7 Å². The van der Waals surface area contributed by atoms with Crippen molar-refractivity contribution in [1.29, 1.82) is 0 Å². The third kappa shape index (κ3) is 7.56. The summed E-state index contributed by atoms with van der Waals surface area (Å²) in [6.45, 7) is 1.59. The SMILES string of the molecule is CC(=O)SC[C@@H]1CCCCCC[C@@H](C(=O)N2CC(O)C[C@H]2C(=O)OCc2ccccc2)NC1=O. The predicted octanol–water partition coefficient (Wildman–Crippen LogP) is 2.43. The number of likely N-dealkylation sites (tertiary alicyclic amines) is 1. The van der Waals surface area contributed by atoms with Crippen LogP contribution in [0.3, 0.4) is 0 Å². The van der Waals surface area contributed by atoms with E-state index in [0.29, 0.717) is 18.6 Å². The van der Waals surface area contributed by atoms with Gasteiger partial charge in [-0.2, -0.15) is 0 Å². The van der Waals surface area contributed by atoms with E-state index in [1.54, 1.807) is 0 Å². The lowest BCUT2D eigenvalue weighted by Crippen LogP contribution is -2.53. The molecule has 0 bridgehead atoms. The Balaban J connectivity index is 1.67. The Morgan fingerprint density at radius 2 is 1.82 bits per heavy atom. The van der Waals surface area contributed by atoms with Crippen molar-refractivity contribution in [3.8, 4) is 0 Å². The molecule has 2 fully saturated rings. The van der Waals surface area contributed by atoms with Gasteiger partial charge in [-0.05, 0) is 18.4 Å². The minimum atomic E-state index is -0.886. The number of hydrogen-bond acceptors (Lipinski definition) is 7. The molecule has 0 saturated carbocycles. The minimum absolute atomic E-state index is 0.0277. The van der Waals surface area contributed by atoms with Gasteiger partial charge in [-0.25, -0.2) is 4.79 Å². The Kier molecular flexibility index (Phi) is 9.95. The topological polar surface area (TPSA) is 113 Å². The zero-order chi connectivity index (χ0) is 24.5. The second-order valence-corrected chi connectivity index (χ2v) is 10.2. The highest BCUT2D eigenvalue weighted by Gasteiger charge is 2.42. The van der Waals surface area contributed by atoms with Gasteiger partial charge in [0.2, 0.25) is 11.8 Å². The fourth-order valence-electron chi connectivity index (χ4n) is 4.45. The van der Waals surface area contributed by atoms with E-state index in [2.05, 4.69) is 5.32 Å². The van der Waals surface area contributed by atoms with Crippen LogP contribution in [0.2, 0.25) is 0 Å². The molecule has 0 aliphatic carbocycles. The van der Waals surface area contributed by atoms with Crippen molar-refractivity contribution >= 4 is 34.7 Å². The largest absolute Gasteiger partial charge is 0.459 e. The fourth-order valence-corrected chi connectivity index (χ4v) is 5.21. The maximum absolute atomic E-state index is 13.4. The van der Waals surface area contributed by atoms with Gasteiger partial charge in [0.05, 0.1) is 6.10 Å². The van der Waals surface area contributed by atoms with Crippen molar-refractivity contribution in [2.75, 3.05) is 12.3 Å². The lowest BCUT2D eigenvalue weighted by molar-refractivity contribution is -0.155. The van der Waals surface area contributed by atoms with Crippen molar-refractivity contribution in [1.82, 2.24) is 10.2 Å². The average molecular weight is 491 g/mol. The van der Waals surface area contributed by atoms with Crippen LogP contribution < -0.4 is 5.32 Å². The highest BCUT2D eigenvalue weighted by atomic mass is 32.2. The molecule has 3 rings (SSSR count). The van der Waals surface area contributed by atoms with E-state index < -0.39 is 24.2 Å². The van der Waals surface area contributed by atoms with Gasteiger partial charge >= 0.3 is 5.97 Å². The minimum Gasteiger partial charge on any atom is -0.459 e. The van der Waals surface area contributed by atoms with Crippen molar-refractivity contribution in [3.63, 3.8) is 0 Å². The Morgan fingerprint density at radius 3 is 2.53 bits per heavy atom. The lowest BCUT2D eigenvalue weighted by atomic mass is 9.97. The van der Waals surface area contributed by atoms with Gasteiger partial charge < -0.3 is 20.1 Å². The molecule has 1 aromatic carbocycles. The van der Waals surface area contributed by atoms with Gasteiger partial charge in [-0.1, -0.05) is 67.8 Å². The number of β-amino-alcohol motifs (C(OH)–C–C–N with tert-alkyl or cyclic N) is 1. The molecule has 1 aromatic rings. The Labute approximate surface area is 204 Å². The summed E-state index contributed by atoms with van der Waals surface area (Å²) < 4.78 is 5.44. The molecule has 1 unspecified atom stereocenters. The summed E-state index contributed by atoms with van der Waals surface area (Å²) in [5, 5.41) is 13.1. The molecule has 2 heterocycles. The highest BCUT2D eigenvalue weighted by molar-refractivity contribution is 8.13. The molecular weight excluding hydrogens is 456 g/mol. The number of esters is 1. The summed E-state index contributed by atoms with van der Waals surface area (Å²) in [5.74, 6) is -1.13. The maximum Gasteiger partial charge on any atom is 0.329 e. The molecule has 9 heteroatoms. The number of rotatable bonds is 6. The molecule has 2 saturated heterocycles. The van der Waals surface area contributed by atoms with E-state index in [0.717, 1.165) is 43.0 Å². The summed E-state index contributed by atoms with van der Waals surface area (Å²) in [4.78, 5) is 52.0. The van der Waals surface area contributed by atoms with Crippen molar-refractivity contribution < 1.29 is 29.0 Å². The van der Waals surface area contributed by atoms with Crippen LogP contribution in [0.4, 0.5) is 0 Å². The summed E-state index contributed by atoms with van der Waals surface area (Å²) in [7, 11) is 0. The summed E-state index contributed by atoms with van der Waals surface area (Å²) >= 11 is 1.12. The molecule has 2 N–H and O–H groups in total. The first kappa shape index (κ1) is 26.2. The normalized spacial score (nSPS) is 25.9. The first-order valence-corrected chi connectivity index (χ1v) is 13.0. The molecular formula is C25H34N2O6S.